The zero-order valence-electron chi connectivity index (χ0n) is 11.9. The van der Waals surface area contributed by atoms with Crippen LogP contribution in [0.15, 0.2) is 53.7 Å². The highest BCUT2D eigenvalue weighted by molar-refractivity contribution is 7.84. The van der Waals surface area contributed by atoms with E-state index in [1.807, 2.05) is 24.3 Å². The average Bonchev–Trinajstić information content (AvgIpc) is 2.53. The van der Waals surface area contributed by atoms with E-state index in [2.05, 4.69) is 15.3 Å². The molecule has 0 amide bonds. The molecule has 0 saturated carbocycles. The van der Waals surface area contributed by atoms with Crippen LogP contribution in [0.3, 0.4) is 0 Å². The predicted octanol–water partition coefficient (Wildman–Crippen LogP) is 3.12. The summed E-state index contributed by atoms with van der Waals surface area (Å²) in [5.41, 5.74) is 1.72. The fraction of sp³-hybridized carbons (Fsp3) is 0.125. The highest BCUT2D eigenvalue weighted by atomic mass is 32.2. The van der Waals surface area contributed by atoms with Crippen LogP contribution in [0.2, 0.25) is 0 Å². The first-order chi connectivity index (χ1) is 10.6. The molecule has 0 aliphatic heterocycles. The van der Waals surface area contributed by atoms with Gasteiger partial charge in [-0.2, -0.15) is 0 Å². The Hall–Kier alpha value is -2.34. The number of nitrogens with one attached hydrogen (secondary N) is 1. The SMILES string of the molecule is C[S@](=O)c1ccc(CNc2ncnc3ccc(F)cc23)cc1. The minimum Gasteiger partial charge on any atom is -0.365 e. The van der Waals surface area contributed by atoms with Gasteiger partial charge in [0, 0.05) is 33.9 Å². The summed E-state index contributed by atoms with van der Waals surface area (Å²) in [5.74, 6) is 0.271. The van der Waals surface area contributed by atoms with Gasteiger partial charge in [-0.1, -0.05) is 12.1 Å². The lowest BCUT2D eigenvalue weighted by Gasteiger charge is -2.09. The molecule has 1 heterocycles. The van der Waals surface area contributed by atoms with E-state index in [9.17, 15) is 8.60 Å². The van der Waals surface area contributed by atoms with Crippen LogP contribution in [-0.2, 0) is 17.3 Å². The number of aromatic nitrogens is 2. The third kappa shape index (κ3) is 3.12. The molecule has 3 rings (SSSR count). The van der Waals surface area contributed by atoms with Gasteiger partial charge in [0.1, 0.15) is 18.0 Å². The Kier molecular flexibility index (Phi) is 4.11. The quantitative estimate of drug-likeness (QED) is 0.804. The standard InChI is InChI=1S/C16H14FN3OS/c1-22(21)13-5-2-11(3-6-13)9-18-16-14-8-12(17)4-7-15(14)19-10-20-16/h2-8,10H,9H2,1H3,(H,18,19,20)/t22-/m0/s1. The Bertz CT molecular complexity index is 836. The number of halogens is 1. The highest BCUT2D eigenvalue weighted by Gasteiger charge is 2.05. The molecule has 0 aliphatic rings. The van der Waals surface area contributed by atoms with Crippen molar-refractivity contribution in [1.82, 2.24) is 9.97 Å². The molecule has 4 nitrogen and oxygen atoms in total. The molecule has 0 radical (unpaired) electrons. The smallest absolute Gasteiger partial charge is 0.137 e. The average molecular weight is 315 g/mol. The Morgan fingerprint density at radius 1 is 1.14 bits per heavy atom. The first-order valence-electron chi connectivity index (χ1n) is 6.70. The van der Waals surface area contributed by atoms with Gasteiger partial charge in [0.2, 0.25) is 0 Å². The van der Waals surface area contributed by atoms with Gasteiger partial charge in [-0.05, 0) is 35.9 Å². The number of anilines is 1. The van der Waals surface area contributed by atoms with Gasteiger partial charge < -0.3 is 5.32 Å². The summed E-state index contributed by atoms with van der Waals surface area (Å²) in [7, 11) is -0.981. The van der Waals surface area contributed by atoms with Crippen LogP contribution in [0.5, 0.6) is 0 Å². The Labute approximate surface area is 129 Å². The maximum atomic E-state index is 13.4. The van der Waals surface area contributed by atoms with Crippen LogP contribution in [0.1, 0.15) is 5.56 Å². The molecule has 22 heavy (non-hydrogen) atoms. The monoisotopic (exact) mass is 315 g/mol. The van der Waals surface area contributed by atoms with E-state index in [4.69, 9.17) is 0 Å². The second kappa shape index (κ2) is 6.19. The van der Waals surface area contributed by atoms with Crippen LogP contribution in [-0.4, -0.2) is 20.4 Å². The van der Waals surface area contributed by atoms with Crippen LogP contribution in [0.4, 0.5) is 10.2 Å². The molecule has 0 bridgehead atoms. The van der Waals surface area contributed by atoms with Crippen LogP contribution in [0.25, 0.3) is 10.9 Å². The summed E-state index contributed by atoms with van der Waals surface area (Å²) < 4.78 is 24.7. The van der Waals surface area contributed by atoms with Gasteiger partial charge in [0.15, 0.2) is 0 Å². The first-order valence-corrected chi connectivity index (χ1v) is 8.26. The van der Waals surface area contributed by atoms with Crippen molar-refractivity contribution in [1.29, 1.82) is 0 Å². The van der Waals surface area contributed by atoms with Gasteiger partial charge in [-0.15, -0.1) is 0 Å². The molecule has 0 aliphatic carbocycles. The lowest BCUT2D eigenvalue weighted by molar-refractivity contribution is 0.629. The second-order valence-electron chi connectivity index (χ2n) is 4.84. The Morgan fingerprint density at radius 2 is 1.91 bits per heavy atom. The zero-order chi connectivity index (χ0) is 15.5. The largest absolute Gasteiger partial charge is 0.365 e. The van der Waals surface area contributed by atoms with Crippen LogP contribution in [0, 0.1) is 5.82 Å². The topological polar surface area (TPSA) is 54.9 Å². The van der Waals surface area contributed by atoms with E-state index in [-0.39, 0.29) is 5.82 Å². The van der Waals surface area contributed by atoms with Crippen molar-refractivity contribution in [2.24, 2.45) is 0 Å². The van der Waals surface area contributed by atoms with E-state index in [0.29, 0.717) is 23.3 Å². The van der Waals surface area contributed by atoms with Gasteiger partial charge in [-0.25, -0.2) is 14.4 Å². The number of hydrogen-bond donors (Lipinski definition) is 1. The third-order valence-electron chi connectivity index (χ3n) is 3.31. The van der Waals surface area contributed by atoms with E-state index in [1.54, 1.807) is 12.3 Å². The van der Waals surface area contributed by atoms with Crippen molar-refractivity contribution in [3.05, 3.63) is 60.2 Å². The van der Waals surface area contributed by atoms with Crippen molar-refractivity contribution in [3.8, 4) is 0 Å². The maximum Gasteiger partial charge on any atom is 0.137 e. The van der Waals surface area contributed by atoms with E-state index in [1.165, 1.54) is 18.5 Å². The molecule has 1 atom stereocenters. The normalized spacial score (nSPS) is 12.3. The second-order valence-corrected chi connectivity index (χ2v) is 6.22. The predicted molar refractivity (Wildman–Crippen MR) is 85.6 cm³/mol. The van der Waals surface area contributed by atoms with Gasteiger partial charge in [0.05, 0.1) is 5.52 Å². The minimum atomic E-state index is -0.981. The summed E-state index contributed by atoms with van der Waals surface area (Å²) in [6.07, 6.45) is 3.10. The van der Waals surface area contributed by atoms with E-state index in [0.717, 1.165) is 10.5 Å². The van der Waals surface area contributed by atoms with Crippen molar-refractivity contribution in [3.63, 3.8) is 0 Å². The Balaban J connectivity index is 1.81. The summed E-state index contributed by atoms with van der Waals surface area (Å²) in [6, 6.07) is 11.9. The number of nitrogens with zero attached hydrogens (tertiary/aromatic N) is 2. The van der Waals surface area contributed by atoms with Crippen LogP contribution < -0.4 is 5.32 Å². The third-order valence-corrected chi connectivity index (χ3v) is 4.25. The first kappa shape index (κ1) is 14.6. The number of fused-ring (bicyclic) bond motifs is 1. The fourth-order valence-electron chi connectivity index (χ4n) is 2.15. The molecular formula is C16H14FN3OS. The summed E-state index contributed by atoms with van der Waals surface area (Å²) in [4.78, 5) is 9.08. The van der Waals surface area contributed by atoms with Crippen molar-refractivity contribution in [2.45, 2.75) is 11.4 Å². The van der Waals surface area contributed by atoms with E-state index >= 15 is 0 Å². The van der Waals surface area contributed by atoms with Crippen LogP contribution >= 0.6 is 0 Å². The van der Waals surface area contributed by atoms with Crippen molar-refractivity contribution < 1.29 is 8.60 Å². The lowest BCUT2D eigenvalue weighted by atomic mass is 10.2. The molecule has 0 fully saturated rings. The Morgan fingerprint density at radius 3 is 2.64 bits per heavy atom. The summed E-state index contributed by atoms with van der Waals surface area (Å²) in [5, 5.41) is 3.83. The van der Waals surface area contributed by atoms with Gasteiger partial charge in [-0.3, -0.25) is 4.21 Å². The molecule has 0 unspecified atom stereocenters. The number of hydrogen-bond acceptors (Lipinski definition) is 4. The number of rotatable bonds is 4. The van der Waals surface area contributed by atoms with Gasteiger partial charge in [0.25, 0.3) is 0 Å². The van der Waals surface area contributed by atoms with Gasteiger partial charge >= 0.3 is 0 Å². The molecule has 1 aromatic heterocycles. The molecule has 3 aromatic rings. The molecule has 112 valence electrons. The minimum absolute atomic E-state index is 0.319. The molecule has 0 spiro atoms. The fourth-order valence-corrected chi connectivity index (χ4v) is 2.67. The highest BCUT2D eigenvalue weighted by Crippen LogP contribution is 2.20. The zero-order valence-corrected chi connectivity index (χ0v) is 12.7. The maximum absolute atomic E-state index is 13.4. The van der Waals surface area contributed by atoms with E-state index < -0.39 is 10.8 Å². The molecule has 6 heteroatoms. The van der Waals surface area contributed by atoms with Crippen molar-refractivity contribution >= 4 is 27.5 Å². The molecule has 2 aromatic carbocycles. The molecular weight excluding hydrogens is 301 g/mol. The van der Waals surface area contributed by atoms with Crippen molar-refractivity contribution in [2.75, 3.05) is 11.6 Å². The molecule has 1 N–H and O–H groups in total. The lowest BCUT2D eigenvalue weighted by Crippen LogP contribution is -2.03. The summed E-state index contributed by atoms with van der Waals surface area (Å²) in [6.45, 7) is 0.541. The molecule has 0 saturated heterocycles. The number of benzene rings is 2. The summed E-state index contributed by atoms with van der Waals surface area (Å²) >= 11 is 0.